The molecule has 0 bridgehead atoms. The van der Waals surface area contributed by atoms with Crippen LogP contribution in [0.25, 0.3) is 22.8 Å². The molecule has 60 heavy (non-hydrogen) atoms. The Morgan fingerprint density at radius 2 is 0.900 bits per heavy atom. The first-order chi connectivity index (χ1) is 28.4. The second-order valence-corrected chi connectivity index (χ2v) is 13.8. The Morgan fingerprint density at radius 1 is 0.533 bits per heavy atom. The highest BCUT2D eigenvalue weighted by atomic mass is 19.4. The average Bonchev–Trinajstić information content (AvgIpc) is 4.00. The zero-order valence-electron chi connectivity index (χ0n) is 32.1. The summed E-state index contributed by atoms with van der Waals surface area (Å²) >= 11 is 0. The fraction of sp³-hybridized carbons (Fsp3) is 0.250. The van der Waals surface area contributed by atoms with E-state index in [1.807, 2.05) is 26.2 Å². The molecule has 2 aliphatic rings. The predicted octanol–water partition coefficient (Wildman–Crippen LogP) is 8.82. The second kappa shape index (κ2) is 16.3. The number of hydrogen-bond donors (Lipinski definition) is 0. The minimum Gasteiger partial charge on any atom is -0.438 e. The van der Waals surface area contributed by atoms with Crippen molar-refractivity contribution in [1.29, 1.82) is 0 Å². The van der Waals surface area contributed by atoms with Crippen LogP contribution in [0.4, 0.5) is 26.3 Å². The number of nitrogens with zero attached hydrogens (tertiary/aromatic N) is 8. The largest absolute Gasteiger partial charge is 0.573 e. The standard InChI is InChI=1S/2C20H17F3N4O3/c2*1-19(13-3-5-14(6-4-13)29-20(21,22)23)11-18(26-30-19)28-15-7-8-16(24-12-15)17-9-10-25-27(17)2/h2*3-10,12H,11H2,1-2H3/t2*19-/m10/s1. The Kier molecular flexibility index (Phi) is 11.1. The van der Waals surface area contributed by atoms with E-state index in [1.54, 1.807) is 72.3 Å². The molecule has 0 aliphatic carbocycles. The van der Waals surface area contributed by atoms with Crippen molar-refractivity contribution in [3.05, 3.63) is 121 Å². The topological polar surface area (TPSA) is 142 Å². The van der Waals surface area contributed by atoms with Crippen LogP contribution in [-0.2, 0) is 35.0 Å². The maximum atomic E-state index is 12.3. The third-order valence-electron chi connectivity index (χ3n) is 9.18. The first-order valence-corrected chi connectivity index (χ1v) is 17.9. The van der Waals surface area contributed by atoms with Gasteiger partial charge in [-0.2, -0.15) is 10.2 Å². The number of oxime groups is 2. The van der Waals surface area contributed by atoms with Crippen molar-refractivity contribution in [2.45, 2.75) is 50.6 Å². The van der Waals surface area contributed by atoms with Crippen LogP contribution in [-0.4, -0.2) is 54.0 Å². The smallest absolute Gasteiger partial charge is 0.438 e. The highest BCUT2D eigenvalue weighted by Crippen LogP contribution is 2.38. The third-order valence-corrected chi connectivity index (χ3v) is 9.18. The molecule has 0 saturated carbocycles. The van der Waals surface area contributed by atoms with E-state index >= 15 is 0 Å². The Morgan fingerprint density at radius 3 is 1.20 bits per heavy atom. The van der Waals surface area contributed by atoms with Gasteiger partial charge in [-0.25, -0.2) is 0 Å². The van der Waals surface area contributed by atoms with E-state index in [0.717, 1.165) is 22.8 Å². The lowest BCUT2D eigenvalue weighted by Crippen LogP contribution is -2.23. The van der Waals surface area contributed by atoms with E-state index < -0.39 is 23.9 Å². The molecule has 8 rings (SSSR count). The van der Waals surface area contributed by atoms with Crippen molar-refractivity contribution >= 4 is 11.8 Å². The lowest BCUT2D eigenvalue weighted by atomic mass is 9.93. The van der Waals surface area contributed by atoms with Gasteiger partial charge in [-0.15, -0.1) is 26.3 Å². The zero-order valence-corrected chi connectivity index (χ0v) is 32.1. The summed E-state index contributed by atoms with van der Waals surface area (Å²) in [5.74, 6) is 1.05. The van der Waals surface area contributed by atoms with Crippen LogP contribution >= 0.6 is 0 Å². The Labute approximate surface area is 337 Å². The summed E-state index contributed by atoms with van der Waals surface area (Å²) in [5, 5.41) is 16.2. The highest BCUT2D eigenvalue weighted by molar-refractivity contribution is 5.81. The quantitative estimate of drug-likeness (QED) is 0.137. The van der Waals surface area contributed by atoms with Crippen molar-refractivity contribution in [2.75, 3.05) is 0 Å². The fourth-order valence-electron chi connectivity index (χ4n) is 6.15. The molecular formula is C40H34F6N8O6. The maximum absolute atomic E-state index is 12.3. The first-order valence-electron chi connectivity index (χ1n) is 17.9. The Bertz CT molecular complexity index is 2300. The van der Waals surface area contributed by atoms with Crippen LogP contribution in [0, 0.1) is 0 Å². The second-order valence-electron chi connectivity index (χ2n) is 13.8. The molecule has 20 heteroatoms. The van der Waals surface area contributed by atoms with E-state index in [2.05, 4.69) is 40.0 Å². The van der Waals surface area contributed by atoms with Crippen LogP contribution in [0.3, 0.4) is 0 Å². The molecule has 0 unspecified atom stereocenters. The van der Waals surface area contributed by atoms with Crippen LogP contribution in [0.1, 0.15) is 37.8 Å². The first kappa shape index (κ1) is 41.1. The van der Waals surface area contributed by atoms with E-state index in [9.17, 15) is 26.3 Å². The van der Waals surface area contributed by atoms with Crippen molar-refractivity contribution < 1.29 is 55.0 Å². The molecule has 0 saturated heterocycles. The van der Waals surface area contributed by atoms with Crippen molar-refractivity contribution in [3.8, 4) is 45.8 Å². The van der Waals surface area contributed by atoms with Gasteiger partial charge in [0.25, 0.3) is 0 Å². The van der Waals surface area contributed by atoms with Gasteiger partial charge in [-0.1, -0.05) is 34.6 Å². The van der Waals surface area contributed by atoms with Gasteiger partial charge < -0.3 is 28.6 Å². The number of aromatic nitrogens is 6. The van der Waals surface area contributed by atoms with Gasteiger partial charge in [-0.3, -0.25) is 19.3 Å². The molecule has 14 nitrogen and oxygen atoms in total. The Hall–Kier alpha value is -7.12. The molecule has 0 spiro atoms. The monoisotopic (exact) mass is 836 g/mol. The number of alkyl halides is 6. The lowest BCUT2D eigenvalue weighted by molar-refractivity contribution is -0.275. The van der Waals surface area contributed by atoms with Crippen LogP contribution in [0.2, 0.25) is 0 Å². The number of hydrogen-bond acceptors (Lipinski definition) is 12. The molecule has 0 N–H and O–H groups in total. The van der Waals surface area contributed by atoms with Gasteiger partial charge in [0.1, 0.15) is 23.0 Å². The number of halogens is 6. The summed E-state index contributed by atoms with van der Waals surface area (Å²) in [7, 11) is 3.66. The van der Waals surface area contributed by atoms with Crippen LogP contribution in [0.15, 0.2) is 120 Å². The molecule has 2 aromatic carbocycles. The normalized spacial score (nSPS) is 18.6. The van der Waals surface area contributed by atoms with E-state index in [0.29, 0.717) is 47.3 Å². The minimum absolute atomic E-state index is 0.301. The average molecular weight is 837 g/mol. The van der Waals surface area contributed by atoms with E-state index in [4.69, 9.17) is 19.1 Å². The SMILES string of the molecule is Cn1nccc1-c1ccc(OC2=NO[C@@](C)(c3ccc(OC(F)(F)F)cc3)C2)cn1.Cn1nccc1-c1ccc(OC2=NO[C@](C)(c3ccc(OC(F)(F)F)cc3)C2)cn1. The van der Waals surface area contributed by atoms with Crippen molar-refractivity contribution in [2.24, 2.45) is 24.4 Å². The summed E-state index contributed by atoms with van der Waals surface area (Å²) in [4.78, 5) is 19.8. The molecule has 2 atom stereocenters. The number of pyridine rings is 2. The van der Waals surface area contributed by atoms with Crippen LogP contribution < -0.4 is 18.9 Å². The number of benzene rings is 2. The molecule has 4 aromatic heterocycles. The summed E-state index contributed by atoms with van der Waals surface area (Å²) in [5.41, 5.74) is 2.79. The van der Waals surface area contributed by atoms with Crippen molar-refractivity contribution in [1.82, 2.24) is 29.5 Å². The van der Waals surface area contributed by atoms with Gasteiger partial charge in [-0.05, 0) is 85.6 Å². The molecule has 2 aliphatic heterocycles. The van der Waals surface area contributed by atoms with Gasteiger partial charge in [0.15, 0.2) is 11.2 Å². The molecular weight excluding hydrogens is 802 g/mol. The number of aryl methyl sites for hydroxylation is 2. The summed E-state index contributed by atoms with van der Waals surface area (Å²) in [6, 6.07) is 21.8. The highest BCUT2D eigenvalue weighted by Gasteiger charge is 2.39. The number of ether oxygens (including phenoxy) is 4. The fourth-order valence-corrected chi connectivity index (χ4v) is 6.15. The molecule has 312 valence electrons. The maximum Gasteiger partial charge on any atom is 0.573 e. The third kappa shape index (κ3) is 9.93. The van der Waals surface area contributed by atoms with E-state index in [1.165, 1.54) is 48.5 Å². The van der Waals surface area contributed by atoms with Crippen LogP contribution in [0.5, 0.6) is 23.0 Å². The predicted molar refractivity (Wildman–Crippen MR) is 201 cm³/mol. The van der Waals surface area contributed by atoms with Crippen molar-refractivity contribution in [3.63, 3.8) is 0 Å². The minimum atomic E-state index is -4.74. The lowest BCUT2D eigenvalue weighted by Gasteiger charge is -2.21. The molecule has 6 heterocycles. The van der Waals surface area contributed by atoms with Gasteiger partial charge in [0.05, 0.1) is 48.0 Å². The van der Waals surface area contributed by atoms with Gasteiger partial charge in [0.2, 0.25) is 11.8 Å². The molecule has 0 radical (unpaired) electrons. The summed E-state index contributed by atoms with van der Waals surface area (Å²) in [6.07, 6.45) is -2.35. The molecule has 0 amide bonds. The summed E-state index contributed by atoms with van der Waals surface area (Å²) < 4.78 is 96.6. The number of rotatable bonds is 8. The Balaban J connectivity index is 0.000000181. The zero-order chi connectivity index (χ0) is 42.7. The molecule has 6 aromatic rings. The van der Waals surface area contributed by atoms with Gasteiger partial charge in [0, 0.05) is 26.5 Å². The van der Waals surface area contributed by atoms with Gasteiger partial charge >= 0.3 is 12.7 Å². The molecule has 0 fully saturated rings. The van der Waals surface area contributed by atoms with E-state index in [-0.39, 0.29) is 11.5 Å². The summed E-state index contributed by atoms with van der Waals surface area (Å²) in [6.45, 7) is 3.55.